The van der Waals surface area contributed by atoms with E-state index in [0.717, 1.165) is 23.7 Å². The Morgan fingerprint density at radius 3 is 2.95 bits per heavy atom. The lowest BCUT2D eigenvalue weighted by atomic mass is 9.92. The van der Waals surface area contributed by atoms with E-state index in [0.29, 0.717) is 11.7 Å². The maximum Gasteiger partial charge on any atom is 0.242 e. The Morgan fingerprint density at radius 2 is 2.25 bits per heavy atom. The number of rotatable bonds is 4. The van der Waals surface area contributed by atoms with E-state index >= 15 is 0 Å². The Labute approximate surface area is 115 Å². The van der Waals surface area contributed by atoms with Gasteiger partial charge in [0.2, 0.25) is 11.8 Å². The molecule has 0 atom stereocenters. The third kappa shape index (κ3) is 2.44. The lowest BCUT2D eigenvalue weighted by Crippen LogP contribution is -2.38. The van der Waals surface area contributed by atoms with E-state index in [1.54, 1.807) is 19.4 Å². The van der Waals surface area contributed by atoms with Crippen LogP contribution >= 0.6 is 0 Å². The molecule has 7 heteroatoms. The average Bonchev–Trinajstić information content (AvgIpc) is 2.75. The largest absolute Gasteiger partial charge is 0.473 e. The summed E-state index contributed by atoms with van der Waals surface area (Å²) in [7, 11) is 1.71. The van der Waals surface area contributed by atoms with Crippen molar-refractivity contribution < 1.29 is 14.3 Å². The molecule has 2 aromatic heterocycles. The summed E-state index contributed by atoms with van der Waals surface area (Å²) in [6.45, 7) is 1.44. The van der Waals surface area contributed by atoms with Crippen LogP contribution in [0, 0.1) is 0 Å². The fourth-order valence-electron chi connectivity index (χ4n) is 2.19. The number of aromatic nitrogens is 3. The molecule has 0 unspecified atom stereocenters. The van der Waals surface area contributed by atoms with Gasteiger partial charge in [-0.25, -0.2) is 4.98 Å². The van der Waals surface area contributed by atoms with E-state index in [9.17, 15) is 4.79 Å². The zero-order valence-corrected chi connectivity index (χ0v) is 11.3. The van der Waals surface area contributed by atoms with Gasteiger partial charge in [-0.2, -0.15) is 0 Å². The number of H-pyrrole nitrogens is 1. The summed E-state index contributed by atoms with van der Waals surface area (Å²) in [5.74, 6) is 0.873. The molecule has 0 radical (unpaired) electrons. The van der Waals surface area contributed by atoms with Crippen molar-refractivity contribution in [3.63, 3.8) is 0 Å². The highest BCUT2D eigenvalue weighted by Crippen LogP contribution is 2.30. The Kier molecular flexibility index (Phi) is 3.27. The molecule has 1 aliphatic carbocycles. The number of ether oxygens (including phenoxy) is 2. The first-order valence-electron chi connectivity index (χ1n) is 6.47. The SMILES string of the molecule is COC1CC(Oc2n[nH]c3cc(NC(C)=O)ncc23)C1. The molecule has 106 valence electrons. The van der Waals surface area contributed by atoms with Gasteiger partial charge in [0.05, 0.1) is 17.0 Å². The number of aromatic amines is 1. The normalized spacial score (nSPS) is 21.5. The van der Waals surface area contributed by atoms with Crippen LogP contribution in [0.2, 0.25) is 0 Å². The molecule has 0 saturated heterocycles. The van der Waals surface area contributed by atoms with Crippen LogP contribution in [0.15, 0.2) is 12.3 Å². The van der Waals surface area contributed by atoms with Gasteiger partial charge in [-0.1, -0.05) is 0 Å². The Balaban J connectivity index is 1.75. The molecular formula is C13H16N4O3. The summed E-state index contributed by atoms with van der Waals surface area (Å²) in [4.78, 5) is 15.2. The second kappa shape index (κ2) is 5.09. The number of methoxy groups -OCH3 is 1. The molecule has 0 bridgehead atoms. The van der Waals surface area contributed by atoms with Crippen LogP contribution in [-0.4, -0.2) is 40.4 Å². The predicted molar refractivity (Wildman–Crippen MR) is 72.6 cm³/mol. The van der Waals surface area contributed by atoms with Gasteiger partial charge in [0.1, 0.15) is 11.9 Å². The van der Waals surface area contributed by atoms with Crippen LogP contribution in [0.3, 0.4) is 0 Å². The highest BCUT2D eigenvalue weighted by molar-refractivity contribution is 5.91. The number of pyridine rings is 1. The van der Waals surface area contributed by atoms with E-state index in [1.165, 1.54) is 6.92 Å². The van der Waals surface area contributed by atoms with Gasteiger partial charge < -0.3 is 14.8 Å². The zero-order valence-electron chi connectivity index (χ0n) is 11.3. The third-order valence-corrected chi connectivity index (χ3v) is 3.38. The standard InChI is InChI=1S/C13H16N4O3/c1-7(18)15-12-5-11-10(6-14-12)13(17-16-11)20-9-3-8(4-9)19-2/h5-6,8-9H,3-4H2,1-2H3,(H,16,17)(H,14,15,18). The number of anilines is 1. The third-order valence-electron chi connectivity index (χ3n) is 3.38. The number of hydrogen-bond acceptors (Lipinski definition) is 5. The van der Waals surface area contributed by atoms with Gasteiger partial charge in [0.15, 0.2) is 0 Å². The molecule has 1 fully saturated rings. The number of amides is 1. The molecule has 1 saturated carbocycles. The van der Waals surface area contributed by atoms with Crippen LogP contribution in [-0.2, 0) is 9.53 Å². The summed E-state index contributed by atoms with van der Waals surface area (Å²) in [5.41, 5.74) is 0.779. The molecule has 2 aromatic rings. The molecule has 2 N–H and O–H groups in total. The maximum atomic E-state index is 11.0. The minimum absolute atomic E-state index is 0.140. The van der Waals surface area contributed by atoms with Gasteiger partial charge in [0, 0.05) is 39.1 Å². The lowest BCUT2D eigenvalue weighted by molar-refractivity contribution is -0.114. The van der Waals surface area contributed by atoms with E-state index in [4.69, 9.17) is 9.47 Å². The molecule has 0 aromatic carbocycles. The smallest absolute Gasteiger partial charge is 0.242 e. The summed E-state index contributed by atoms with van der Waals surface area (Å²) in [5, 5.41) is 10.5. The van der Waals surface area contributed by atoms with E-state index in [2.05, 4.69) is 20.5 Å². The molecule has 0 aliphatic heterocycles. The fraction of sp³-hybridized carbons (Fsp3) is 0.462. The molecule has 20 heavy (non-hydrogen) atoms. The number of hydrogen-bond donors (Lipinski definition) is 2. The summed E-state index contributed by atoms with van der Waals surface area (Å²) in [6.07, 6.45) is 3.83. The average molecular weight is 276 g/mol. The second-order valence-corrected chi connectivity index (χ2v) is 4.89. The number of fused-ring (bicyclic) bond motifs is 1. The quantitative estimate of drug-likeness (QED) is 0.882. The summed E-state index contributed by atoms with van der Waals surface area (Å²) < 4.78 is 11.0. The van der Waals surface area contributed by atoms with Crippen molar-refractivity contribution in [2.45, 2.75) is 32.0 Å². The van der Waals surface area contributed by atoms with Crippen molar-refractivity contribution in [3.05, 3.63) is 12.3 Å². The monoisotopic (exact) mass is 276 g/mol. The van der Waals surface area contributed by atoms with Crippen LogP contribution in [0.5, 0.6) is 5.88 Å². The lowest BCUT2D eigenvalue weighted by Gasteiger charge is -2.33. The Hall–Kier alpha value is -2.15. The minimum Gasteiger partial charge on any atom is -0.473 e. The Bertz CT molecular complexity index is 634. The van der Waals surface area contributed by atoms with Crippen molar-refractivity contribution >= 4 is 22.6 Å². The Morgan fingerprint density at radius 1 is 1.45 bits per heavy atom. The van der Waals surface area contributed by atoms with Crippen molar-refractivity contribution in [2.24, 2.45) is 0 Å². The number of carbonyl (C=O) groups excluding carboxylic acids is 1. The van der Waals surface area contributed by atoms with Crippen molar-refractivity contribution in [3.8, 4) is 5.88 Å². The molecule has 1 aliphatic rings. The van der Waals surface area contributed by atoms with Gasteiger partial charge in [0.25, 0.3) is 0 Å². The maximum absolute atomic E-state index is 11.0. The van der Waals surface area contributed by atoms with E-state index in [-0.39, 0.29) is 18.1 Å². The zero-order chi connectivity index (χ0) is 14.1. The van der Waals surface area contributed by atoms with Crippen molar-refractivity contribution in [1.29, 1.82) is 0 Å². The van der Waals surface area contributed by atoms with Crippen LogP contribution in [0.1, 0.15) is 19.8 Å². The van der Waals surface area contributed by atoms with Gasteiger partial charge >= 0.3 is 0 Å². The van der Waals surface area contributed by atoms with Crippen LogP contribution < -0.4 is 10.1 Å². The molecule has 0 spiro atoms. The van der Waals surface area contributed by atoms with Crippen molar-refractivity contribution in [1.82, 2.24) is 15.2 Å². The first-order valence-corrected chi connectivity index (χ1v) is 6.47. The molecule has 7 nitrogen and oxygen atoms in total. The molecule has 2 heterocycles. The summed E-state index contributed by atoms with van der Waals surface area (Å²) in [6, 6.07) is 1.73. The first-order chi connectivity index (χ1) is 9.65. The topological polar surface area (TPSA) is 89.1 Å². The van der Waals surface area contributed by atoms with E-state index in [1.807, 2.05) is 0 Å². The number of nitrogens with zero attached hydrogens (tertiary/aromatic N) is 2. The van der Waals surface area contributed by atoms with E-state index < -0.39 is 0 Å². The van der Waals surface area contributed by atoms with Gasteiger partial charge in [-0.05, 0) is 0 Å². The molecule has 3 rings (SSSR count). The highest BCUT2D eigenvalue weighted by Gasteiger charge is 2.31. The number of nitrogens with one attached hydrogen (secondary N) is 2. The van der Waals surface area contributed by atoms with Crippen LogP contribution in [0.25, 0.3) is 10.9 Å². The first kappa shape index (κ1) is 12.9. The fourth-order valence-corrected chi connectivity index (χ4v) is 2.19. The number of carbonyl (C=O) groups is 1. The second-order valence-electron chi connectivity index (χ2n) is 4.89. The highest BCUT2D eigenvalue weighted by atomic mass is 16.5. The van der Waals surface area contributed by atoms with Gasteiger partial charge in [-0.3, -0.25) is 9.89 Å². The van der Waals surface area contributed by atoms with Gasteiger partial charge in [-0.15, -0.1) is 5.10 Å². The predicted octanol–water partition coefficient (Wildman–Crippen LogP) is 1.47. The molecular weight excluding hydrogens is 260 g/mol. The van der Waals surface area contributed by atoms with Crippen molar-refractivity contribution in [2.75, 3.05) is 12.4 Å². The minimum atomic E-state index is -0.159. The summed E-state index contributed by atoms with van der Waals surface area (Å²) >= 11 is 0. The van der Waals surface area contributed by atoms with Crippen LogP contribution in [0.4, 0.5) is 5.82 Å². The molecule has 1 amide bonds.